The van der Waals surface area contributed by atoms with Crippen LogP contribution in [0, 0.1) is 11.8 Å². The van der Waals surface area contributed by atoms with Crippen molar-refractivity contribution in [1.29, 1.82) is 0 Å². The molecule has 24 heavy (non-hydrogen) atoms. The van der Waals surface area contributed by atoms with Crippen molar-refractivity contribution >= 4 is 11.8 Å². The highest BCUT2D eigenvalue weighted by Crippen LogP contribution is 2.41. The number of likely N-dealkylation sites (tertiary alicyclic amines) is 1. The minimum absolute atomic E-state index is 0.00492. The summed E-state index contributed by atoms with van der Waals surface area (Å²) in [7, 11) is 0. The third kappa shape index (κ3) is 2.72. The van der Waals surface area contributed by atoms with Gasteiger partial charge in [-0.3, -0.25) is 9.59 Å². The molecule has 2 aliphatic heterocycles. The summed E-state index contributed by atoms with van der Waals surface area (Å²) in [6.45, 7) is 7.47. The Balaban J connectivity index is 1.46. The number of nitrogens with zero attached hydrogens (tertiary/aromatic N) is 4. The van der Waals surface area contributed by atoms with E-state index in [1.165, 1.54) is 0 Å². The predicted octanol–water partition coefficient (Wildman–Crippen LogP) is 1.61. The van der Waals surface area contributed by atoms with Crippen LogP contribution in [-0.2, 0) is 22.6 Å². The lowest BCUT2D eigenvalue weighted by molar-refractivity contribution is -0.136. The smallest absolute Gasteiger partial charge is 0.228 e. The summed E-state index contributed by atoms with van der Waals surface area (Å²) >= 11 is 0. The molecule has 0 bridgehead atoms. The molecule has 0 aromatic carbocycles. The molecule has 0 N–H and O–H groups in total. The van der Waals surface area contributed by atoms with Gasteiger partial charge in [-0.05, 0) is 32.1 Å². The molecule has 2 amide bonds. The van der Waals surface area contributed by atoms with Gasteiger partial charge < -0.3 is 14.4 Å². The maximum absolute atomic E-state index is 12.6. The van der Waals surface area contributed by atoms with E-state index >= 15 is 0 Å². The van der Waals surface area contributed by atoms with Crippen LogP contribution in [0.5, 0.6) is 0 Å². The Morgan fingerprint density at radius 1 is 1.17 bits per heavy atom. The number of carbonyl (C=O) groups excluding carboxylic acids is 2. The van der Waals surface area contributed by atoms with E-state index in [0.29, 0.717) is 12.3 Å². The molecule has 6 heteroatoms. The van der Waals surface area contributed by atoms with Gasteiger partial charge in [-0.1, -0.05) is 6.92 Å². The fourth-order valence-corrected chi connectivity index (χ4v) is 4.05. The number of rotatable bonds is 3. The number of imidazole rings is 1. The Morgan fingerprint density at radius 2 is 1.88 bits per heavy atom. The topological polar surface area (TPSA) is 58.4 Å². The van der Waals surface area contributed by atoms with Crippen LogP contribution in [0.15, 0.2) is 6.20 Å². The van der Waals surface area contributed by atoms with Gasteiger partial charge in [-0.15, -0.1) is 0 Å². The van der Waals surface area contributed by atoms with Crippen molar-refractivity contribution in [1.82, 2.24) is 19.4 Å². The first-order chi connectivity index (χ1) is 11.5. The highest BCUT2D eigenvalue weighted by Gasteiger charge is 2.44. The van der Waals surface area contributed by atoms with Gasteiger partial charge in [0.1, 0.15) is 5.82 Å². The molecule has 3 aliphatic rings. The summed E-state index contributed by atoms with van der Waals surface area (Å²) in [4.78, 5) is 33.5. The zero-order chi connectivity index (χ0) is 16.8. The standard InChI is InChI=1S/C18H26N4O2/c1-12-9-15(12)18(24)22-8-7-21-11-14(19-17(21)13(22)2)10-16(23)20-5-3-4-6-20/h11-13,15H,3-10H2,1-2H3/t12-,13+,15-/m1/s1. The van der Waals surface area contributed by atoms with E-state index in [1.54, 1.807) is 0 Å². The molecule has 6 nitrogen and oxygen atoms in total. The molecule has 1 saturated heterocycles. The van der Waals surface area contributed by atoms with E-state index < -0.39 is 0 Å². The molecule has 1 aromatic heterocycles. The van der Waals surface area contributed by atoms with E-state index in [4.69, 9.17) is 4.98 Å². The summed E-state index contributed by atoms with van der Waals surface area (Å²) in [5.74, 6) is 2.12. The number of aromatic nitrogens is 2. The second-order valence-corrected chi connectivity index (χ2v) is 7.58. The Kier molecular flexibility index (Phi) is 3.85. The first-order valence-electron chi connectivity index (χ1n) is 9.19. The van der Waals surface area contributed by atoms with E-state index in [0.717, 1.165) is 57.0 Å². The number of amides is 2. The molecule has 2 fully saturated rings. The highest BCUT2D eigenvalue weighted by atomic mass is 16.2. The van der Waals surface area contributed by atoms with E-state index in [-0.39, 0.29) is 23.8 Å². The summed E-state index contributed by atoms with van der Waals surface area (Å²) in [5.41, 5.74) is 0.836. The zero-order valence-corrected chi connectivity index (χ0v) is 14.6. The molecule has 0 spiro atoms. The first kappa shape index (κ1) is 15.7. The summed E-state index contributed by atoms with van der Waals surface area (Å²) in [6.07, 6.45) is 5.62. The number of carbonyl (C=O) groups is 2. The summed E-state index contributed by atoms with van der Waals surface area (Å²) < 4.78 is 2.12. The Bertz CT molecular complexity index is 662. The molecule has 4 rings (SSSR count). The van der Waals surface area contributed by atoms with Crippen molar-refractivity contribution in [2.45, 2.75) is 52.1 Å². The van der Waals surface area contributed by atoms with Crippen LogP contribution in [0.3, 0.4) is 0 Å². The van der Waals surface area contributed by atoms with E-state index in [1.807, 2.05) is 16.0 Å². The van der Waals surface area contributed by atoms with Crippen LogP contribution in [0.1, 0.15) is 50.7 Å². The number of hydrogen-bond acceptors (Lipinski definition) is 3. The molecule has 1 saturated carbocycles. The fraction of sp³-hybridized carbons (Fsp3) is 0.722. The molecular formula is C18H26N4O2. The quantitative estimate of drug-likeness (QED) is 0.846. The third-order valence-corrected chi connectivity index (χ3v) is 5.78. The van der Waals surface area contributed by atoms with E-state index in [9.17, 15) is 9.59 Å². The van der Waals surface area contributed by atoms with Gasteiger partial charge in [-0.2, -0.15) is 0 Å². The van der Waals surface area contributed by atoms with Crippen LogP contribution in [0.25, 0.3) is 0 Å². The van der Waals surface area contributed by atoms with Crippen molar-refractivity contribution < 1.29 is 9.59 Å². The lowest BCUT2D eigenvalue weighted by atomic mass is 10.1. The fourth-order valence-electron chi connectivity index (χ4n) is 4.05. The monoisotopic (exact) mass is 330 g/mol. The third-order valence-electron chi connectivity index (χ3n) is 5.78. The lowest BCUT2D eigenvalue weighted by Crippen LogP contribution is -2.42. The maximum Gasteiger partial charge on any atom is 0.228 e. The van der Waals surface area contributed by atoms with Gasteiger partial charge >= 0.3 is 0 Å². The van der Waals surface area contributed by atoms with Crippen molar-refractivity contribution in [2.75, 3.05) is 19.6 Å². The molecular weight excluding hydrogens is 304 g/mol. The normalized spacial score (nSPS) is 28.8. The van der Waals surface area contributed by atoms with Gasteiger partial charge in [0.05, 0.1) is 18.2 Å². The van der Waals surface area contributed by atoms with Gasteiger partial charge in [0.15, 0.2) is 0 Å². The zero-order valence-electron chi connectivity index (χ0n) is 14.6. The summed E-state index contributed by atoms with van der Waals surface area (Å²) in [5, 5.41) is 0. The Labute approximate surface area is 142 Å². The Hall–Kier alpha value is -1.85. The lowest BCUT2D eigenvalue weighted by Gasteiger charge is -2.34. The minimum Gasteiger partial charge on any atom is -0.342 e. The van der Waals surface area contributed by atoms with Crippen LogP contribution in [-0.4, -0.2) is 50.8 Å². The van der Waals surface area contributed by atoms with Crippen molar-refractivity contribution in [3.05, 3.63) is 17.7 Å². The number of fused-ring (bicyclic) bond motifs is 1. The average Bonchev–Trinajstić information content (AvgIpc) is 2.96. The van der Waals surface area contributed by atoms with E-state index in [2.05, 4.69) is 18.4 Å². The van der Waals surface area contributed by atoms with Gasteiger partial charge in [0.25, 0.3) is 0 Å². The van der Waals surface area contributed by atoms with Gasteiger partial charge in [-0.25, -0.2) is 4.98 Å². The molecule has 1 aromatic rings. The van der Waals surface area contributed by atoms with Crippen molar-refractivity contribution in [2.24, 2.45) is 11.8 Å². The van der Waals surface area contributed by atoms with Crippen LogP contribution < -0.4 is 0 Å². The second kappa shape index (κ2) is 5.90. The second-order valence-electron chi connectivity index (χ2n) is 7.58. The first-order valence-corrected chi connectivity index (χ1v) is 9.19. The van der Waals surface area contributed by atoms with Crippen LogP contribution in [0.4, 0.5) is 0 Å². The largest absolute Gasteiger partial charge is 0.342 e. The SMILES string of the molecule is C[C@@H]1C[C@H]1C(=O)N1CCn2cc(CC(=O)N3CCCC3)nc2[C@@H]1C. The van der Waals surface area contributed by atoms with Crippen LogP contribution >= 0.6 is 0 Å². The van der Waals surface area contributed by atoms with Crippen LogP contribution in [0.2, 0.25) is 0 Å². The molecule has 130 valence electrons. The molecule has 0 unspecified atom stereocenters. The average molecular weight is 330 g/mol. The maximum atomic E-state index is 12.6. The van der Waals surface area contributed by atoms with Crippen molar-refractivity contribution in [3.8, 4) is 0 Å². The molecule has 3 atom stereocenters. The van der Waals surface area contributed by atoms with Gasteiger partial charge in [0, 0.05) is 38.3 Å². The highest BCUT2D eigenvalue weighted by molar-refractivity contribution is 5.82. The van der Waals surface area contributed by atoms with Crippen molar-refractivity contribution in [3.63, 3.8) is 0 Å². The Morgan fingerprint density at radius 3 is 2.54 bits per heavy atom. The number of hydrogen-bond donors (Lipinski definition) is 0. The molecule has 0 radical (unpaired) electrons. The molecule has 1 aliphatic carbocycles. The predicted molar refractivity (Wildman–Crippen MR) is 89.1 cm³/mol. The molecule has 3 heterocycles. The summed E-state index contributed by atoms with van der Waals surface area (Å²) in [6, 6.07) is -0.00492. The van der Waals surface area contributed by atoms with Gasteiger partial charge in [0.2, 0.25) is 11.8 Å². The minimum atomic E-state index is -0.00492.